The van der Waals surface area contributed by atoms with E-state index >= 15 is 0 Å². The number of aryl methyl sites for hydroxylation is 2. The number of hydrogen-bond acceptors (Lipinski definition) is 4. The summed E-state index contributed by atoms with van der Waals surface area (Å²) in [5, 5.41) is 3.97. The first-order valence-electron chi connectivity index (χ1n) is 8.60. The van der Waals surface area contributed by atoms with Gasteiger partial charge in [-0.25, -0.2) is 0 Å². The highest BCUT2D eigenvalue weighted by molar-refractivity contribution is 5.92. The zero-order valence-electron chi connectivity index (χ0n) is 14.5. The molecule has 2 aromatic rings. The van der Waals surface area contributed by atoms with Crippen molar-refractivity contribution in [2.24, 2.45) is 5.41 Å². The van der Waals surface area contributed by atoms with Crippen LogP contribution in [0.1, 0.15) is 40.3 Å². The van der Waals surface area contributed by atoms with Crippen LogP contribution in [0.4, 0.5) is 0 Å². The number of rotatable bonds is 3. The first kappa shape index (κ1) is 15.9. The van der Waals surface area contributed by atoms with E-state index < -0.39 is 0 Å². The molecule has 1 N–H and O–H groups in total. The first-order valence-corrected chi connectivity index (χ1v) is 8.60. The smallest absolute Gasteiger partial charge is 0.270 e. The predicted octanol–water partition coefficient (Wildman–Crippen LogP) is 1.88. The fraction of sp³-hybridized carbons (Fsp3) is 0.500. The van der Waals surface area contributed by atoms with Crippen molar-refractivity contribution in [3.05, 3.63) is 41.0 Å². The molecule has 25 heavy (non-hydrogen) atoms. The molecule has 132 valence electrons. The lowest BCUT2D eigenvalue weighted by atomic mass is 9.86. The SMILES string of the molecule is Cc1noc(C)c1CN1C[C@]2(CCN(C(=O)c3ccc[nH]3)C2)CC1=O. The predicted molar refractivity (Wildman–Crippen MR) is 89.8 cm³/mol. The maximum Gasteiger partial charge on any atom is 0.270 e. The van der Waals surface area contributed by atoms with Crippen molar-refractivity contribution >= 4 is 11.8 Å². The molecule has 1 spiro atoms. The van der Waals surface area contributed by atoms with Crippen molar-refractivity contribution in [1.29, 1.82) is 0 Å². The largest absolute Gasteiger partial charge is 0.361 e. The van der Waals surface area contributed by atoms with Gasteiger partial charge in [0.1, 0.15) is 11.5 Å². The second-order valence-electron chi connectivity index (χ2n) is 7.29. The first-order chi connectivity index (χ1) is 12.0. The summed E-state index contributed by atoms with van der Waals surface area (Å²) in [6.07, 6.45) is 3.12. The fourth-order valence-electron chi connectivity index (χ4n) is 4.06. The van der Waals surface area contributed by atoms with E-state index in [0.29, 0.717) is 38.3 Å². The maximum atomic E-state index is 12.6. The van der Waals surface area contributed by atoms with Gasteiger partial charge in [0.15, 0.2) is 0 Å². The zero-order chi connectivity index (χ0) is 17.6. The van der Waals surface area contributed by atoms with E-state index in [2.05, 4.69) is 10.1 Å². The quantitative estimate of drug-likeness (QED) is 0.923. The molecule has 0 saturated carbocycles. The number of nitrogens with one attached hydrogen (secondary N) is 1. The number of nitrogens with zero attached hydrogens (tertiary/aromatic N) is 3. The van der Waals surface area contributed by atoms with Crippen molar-refractivity contribution in [2.45, 2.75) is 33.2 Å². The summed E-state index contributed by atoms with van der Waals surface area (Å²) in [6, 6.07) is 3.61. The number of H-pyrrole nitrogens is 1. The van der Waals surface area contributed by atoms with Crippen LogP contribution in [0, 0.1) is 19.3 Å². The summed E-state index contributed by atoms with van der Waals surface area (Å²) in [5.74, 6) is 0.925. The normalized spacial score (nSPS) is 23.2. The number of hydrogen-bond donors (Lipinski definition) is 1. The van der Waals surface area contributed by atoms with Crippen LogP contribution in [0.15, 0.2) is 22.9 Å². The van der Waals surface area contributed by atoms with E-state index in [9.17, 15) is 9.59 Å². The Morgan fingerprint density at radius 1 is 1.40 bits per heavy atom. The number of aromatic amines is 1. The Hall–Kier alpha value is -2.57. The van der Waals surface area contributed by atoms with Gasteiger partial charge in [-0.15, -0.1) is 0 Å². The highest BCUT2D eigenvalue weighted by atomic mass is 16.5. The fourth-order valence-corrected chi connectivity index (χ4v) is 4.06. The molecule has 0 aliphatic carbocycles. The molecule has 2 saturated heterocycles. The molecule has 4 heterocycles. The molecular weight excluding hydrogens is 320 g/mol. The summed E-state index contributed by atoms with van der Waals surface area (Å²) >= 11 is 0. The topological polar surface area (TPSA) is 82.4 Å². The number of amides is 2. The van der Waals surface area contributed by atoms with Crippen molar-refractivity contribution in [2.75, 3.05) is 19.6 Å². The molecule has 2 aliphatic heterocycles. The molecule has 0 unspecified atom stereocenters. The van der Waals surface area contributed by atoms with Crippen LogP contribution in [-0.2, 0) is 11.3 Å². The summed E-state index contributed by atoms with van der Waals surface area (Å²) < 4.78 is 5.20. The Morgan fingerprint density at radius 2 is 2.24 bits per heavy atom. The Bertz CT molecular complexity index is 791. The third-order valence-electron chi connectivity index (χ3n) is 5.49. The van der Waals surface area contributed by atoms with E-state index in [0.717, 1.165) is 23.4 Å². The molecule has 7 heteroatoms. The van der Waals surface area contributed by atoms with Gasteiger partial charge in [0, 0.05) is 43.2 Å². The highest BCUT2D eigenvalue weighted by Crippen LogP contribution is 2.41. The second-order valence-corrected chi connectivity index (χ2v) is 7.29. The zero-order valence-corrected chi connectivity index (χ0v) is 14.5. The standard InChI is InChI=1S/C18H22N4O3/c1-12-14(13(2)25-20-12)9-22-11-18(8-16(22)23)5-7-21(10-18)17(24)15-4-3-6-19-15/h3-4,6,19H,5,7-11H2,1-2H3/t18-/m1/s1. The number of carbonyl (C=O) groups is 2. The van der Waals surface area contributed by atoms with Gasteiger partial charge in [-0.3, -0.25) is 9.59 Å². The van der Waals surface area contributed by atoms with Gasteiger partial charge in [-0.1, -0.05) is 5.16 Å². The van der Waals surface area contributed by atoms with Crippen LogP contribution in [-0.4, -0.2) is 51.4 Å². The average molecular weight is 342 g/mol. The third kappa shape index (κ3) is 2.73. The Labute approximate surface area is 146 Å². The van der Waals surface area contributed by atoms with E-state index in [1.807, 2.05) is 29.7 Å². The van der Waals surface area contributed by atoms with Crippen LogP contribution in [0.2, 0.25) is 0 Å². The highest BCUT2D eigenvalue weighted by Gasteiger charge is 2.48. The molecule has 2 aromatic heterocycles. The number of likely N-dealkylation sites (tertiary alicyclic amines) is 2. The minimum absolute atomic E-state index is 0.0125. The van der Waals surface area contributed by atoms with Crippen LogP contribution < -0.4 is 0 Å². The summed E-state index contributed by atoms with van der Waals surface area (Å²) in [7, 11) is 0. The molecule has 2 fully saturated rings. The van der Waals surface area contributed by atoms with Gasteiger partial charge in [0.05, 0.1) is 12.2 Å². The van der Waals surface area contributed by atoms with Gasteiger partial charge in [-0.2, -0.15) is 0 Å². The van der Waals surface area contributed by atoms with E-state index in [-0.39, 0.29) is 17.2 Å². The van der Waals surface area contributed by atoms with Gasteiger partial charge in [0.2, 0.25) is 5.91 Å². The third-order valence-corrected chi connectivity index (χ3v) is 5.49. The molecular formula is C18H22N4O3. The molecule has 0 radical (unpaired) electrons. The molecule has 2 amide bonds. The van der Waals surface area contributed by atoms with Crippen LogP contribution in [0.5, 0.6) is 0 Å². The van der Waals surface area contributed by atoms with Crippen LogP contribution in [0.25, 0.3) is 0 Å². The molecule has 2 aliphatic rings. The van der Waals surface area contributed by atoms with E-state index in [1.54, 1.807) is 12.3 Å². The number of aromatic nitrogens is 2. The van der Waals surface area contributed by atoms with Crippen molar-refractivity contribution < 1.29 is 14.1 Å². The lowest BCUT2D eigenvalue weighted by Gasteiger charge is -2.24. The molecule has 7 nitrogen and oxygen atoms in total. The summed E-state index contributed by atoms with van der Waals surface area (Å²) in [5.41, 5.74) is 2.30. The minimum Gasteiger partial charge on any atom is -0.361 e. The van der Waals surface area contributed by atoms with E-state index in [4.69, 9.17) is 4.52 Å². The Kier molecular flexibility index (Phi) is 3.67. The molecule has 0 aromatic carbocycles. The monoisotopic (exact) mass is 342 g/mol. The Morgan fingerprint density at radius 3 is 2.92 bits per heavy atom. The van der Waals surface area contributed by atoms with Crippen molar-refractivity contribution in [1.82, 2.24) is 19.9 Å². The lowest BCUT2D eigenvalue weighted by Crippen LogP contribution is -2.34. The van der Waals surface area contributed by atoms with Crippen LogP contribution in [0.3, 0.4) is 0 Å². The second kappa shape index (κ2) is 5.75. The summed E-state index contributed by atoms with van der Waals surface area (Å²) in [6.45, 7) is 6.32. The van der Waals surface area contributed by atoms with E-state index in [1.165, 1.54) is 0 Å². The van der Waals surface area contributed by atoms with Gasteiger partial charge < -0.3 is 19.3 Å². The van der Waals surface area contributed by atoms with Crippen molar-refractivity contribution in [3.8, 4) is 0 Å². The summed E-state index contributed by atoms with van der Waals surface area (Å²) in [4.78, 5) is 31.8. The van der Waals surface area contributed by atoms with Gasteiger partial charge in [-0.05, 0) is 32.4 Å². The Balaban J connectivity index is 1.46. The molecule has 1 atom stereocenters. The maximum absolute atomic E-state index is 12.6. The van der Waals surface area contributed by atoms with Crippen LogP contribution >= 0.6 is 0 Å². The number of carbonyl (C=O) groups excluding carboxylic acids is 2. The van der Waals surface area contributed by atoms with Gasteiger partial charge >= 0.3 is 0 Å². The molecule has 0 bridgehead atoms. The average Bonchev–Trinajstić information content (AvgIpc) is 3.34. The van der Waals surface area contributed by atoms with Gasteiger partial charge in [0.25, 0.3) is 5.91 Å². The molecule has 4 rings (SSSR count). The van der Waals surface area contributed by atoms with Crippen molar-refractivity contribution in [3.63, 3.8) is 0 Å². The lowest BCUT2D eigenvalue weighted by molar-refractivity contribution is -0.128. The minimum atomic E-state index is -0.127.